The Bertz CT molecular complexity index is 66.7. The Hall–Kier alpha value is -0.0400. The van der Waals surface area contributed by atoms with Crippen molar-refractivity contribution in [3.8, 4) is 0 Å². The summed E-state index contributed by atoms with van der Waals surface area (Å²) in [7, 11) is 6.69. The minimum Gasteiger partial charge on any atom is -0.328 e. The fraction of sp³-hybridized carbons (Fsp3) is 0.833. The number of nitrogens with zero attached hydrogens (tertiary/aromatic N) is 1. The SMILES string of the molecule is C[N+](C)(C)C1[CH]C1. The molecule has 7 heavy (non-hydrogen) atoms. The number of rotatable bonds is 1. The van der Waals surface area contributed by atoms with Crippen molar-refractivity contribution in [2.75, 3.05) is 21.1 Å². The van der Waals surface area contributed by atoms with Crippen LogP contribution >= 0.6 is 0 Å². The molecule has 0 amide bonds. The van der Waals surface area contributed by atoms with Gasteiger partial charge in [-0.3, -0.25) is 0 Å². The van der Waals surface area contributed by atoms with Crippen molar-refractivity contribution in [2.45, 2.75) is 12.5 Å². The highest BCUT2D eigenvalue weighted by Gasteiger charge is 2.34. The van der Waals surface area contributed by atoms with Crippen LogP contribution in [-0.4, -0.2) is 31.7 Å². The van der Waals surface area contributed by atoms with Crippen molar-refractivity contribution in [3.05, 3.63) is 6.42 Å². The lowest BCUT2D eigenvalue weighted by atomic mass is 10.5. The molecular formula is C6H13N+. The molecule has 1 aliphatic rings. The summed E-state index contributed by atoms with van der Waals surface area (Å²) in [5.41, 5.74) is 0. The Morgan fingerprint density at radius 1 is 1.43 bits per heavy atom. The zero-order valence-electron chi connectivity index (χ0n) is 5.31. The summed E-state index contributed by atoms with van der Waals surface area (Å²) in [6, 6.07) is 0.861. The first-order chi connectivity index (χ1) is 3.11. The lowest BCUT2D eigenvalue weighted by Crippen LogP contribution is -2.36. The molecule has 0 bridgehead atoms. The molecule has 1 saturated carbocycles. The molecule has 0 heterocycles. The fourth-order valence-corrected chi connectivity index (χ4v) is 0.693. The molecule has 1 aliphatic carbocycles. The second-order valence-corrected chi connectivity index (χ2v) is 3.15. The molecule has 0 aromatic rings. The van der Waals surface area contributed by atoms with E-state index in [1.165, 1.54) is 6.42 Å². The van der Waals surface area contributed by atoms with Gasteiger partial charge in [-0.25, -0.2) is 0 Å². The Balaban J connectivity index is 2.36. The van der Waals surface area contributed by atoms with Crippen LogP contribution in [0, 0.1) is 6.42 Å². The summed E-state index contributed by atoms with van der Waals surface area (Å²) in [4.78, 5) is 0. The molecule has 0 N–H and O–H groups in total. The molecule has 0 aromatic carbocycles. The molecule has 1 nitrogen and oxygen atoms in total. The van der Waals surface area contributed by atoms with Gasteiger partial charge < -0.3 is 4.48 Å². The monoisotopic (exact) mass is 99.1 g/mol. The van der Waals surface area contributed by atoms with Crippen molar-refractivity contribution in [1.82, 2.24) is 0 Å². The maximum Gasteiger partial charge on any atom is 0.0925 e. The maximum absolute atomic E-state index is 2.35. The van der Waals surface area contributed by atoms with Crippen LogP contribution in [0.2, 0.25) is 0 Å². The first-order valence-electron chi connectivity index (χ1n) is 2.75. The highest BCUT2D eigenvalue weighted by molar-refractivity contribution is 4.96. The van der Waals surface area contributed by atoms with Gasteiger partial charge in [-0.1, -0.05) is 0 Å². The third-order valence-corrected chi connectivity index (χ3v) is 1.44. The van der Waals surface area contributed by atoms with E-state index in [2.05, 4.69) is 27.6 Å². The number of hydrogen-bond acceptors (Lipinski definition) is 0. The smallest absolute Gasteiger partial charge is 0.0925 e. The van der Waals surface area contributed by atoms with E-state index in [9.17, 15) is 0 Å². The largest absolute Gasteiger partial charge is 0.328 e. The topological polar surface area (TPSA) is 0 Å². The zero-order valence-corrected chi connectivity index (χ0v) is 5.31. The molecule has 1 atom stereocenters. The van der Waals surface area contributed by atoms with Gasteiger partial charge >= 0.3 is 0 Å². The van der Waals surface area contributed by atoms with E-state index >= 15 is 0 Å². The van der Waals surface area contributed by atoms with Gasteiger partial charge in [0, 0.05) is 12.8 Å². The number of quaternary nitrogens is 1. The van der Waals surface area contributed by atoms with E-state index in [4.69, 9.17) is 0 Å². The van der Waals surface area contributed by atoms with Gasteiger partial charge in [-0.2, -0.15) is 0 Å². The van der Waals surface area contributed by atoms with E-state index in [1.54, 1.807) is 0 Å². The first kappa shape index (κ1) is 5.10. The van der Waals surface area contributed by atoms with Crippen LogP contribution in [0.1, 0.15) is 6.42 Å². The quantitative estimate of drug-likeness (QED) is 0.424. The van der Waals surface area contributed by atoms with E-state index in [-0.39, 0.29) is 0 Å². The van der Waals surface area contributed by atoms with E-state index < -0.39 is 0 Å². The average Bonchev–Trinajstić information content (AvgIpc) is 1.99. The molecule has 41 valence electrons. The lowest BCUT2D eigenvalue weighted by Gasteiger charge is -2.22. The van der Waals surface area contributed by atoms with Gasteiger partial charge in [0.05, 0.1) is 27.2 Å². The van der Waals surface area contributed by atoms with Gasteiger partial charge in [-0.05, 0) is 0 Å². The molecule has 1 unspecified atom stereocenters. The molecule has 1 heteroatoms. The average molecular weight is 99.2 g/mol. The molecule has 1 rings (SSSR count). The standard InChI is InChI=1S/C6H13N/c1-7(2,3)6-4-5-6/h4,6H,5H2,1-3H3/q+1. The summed E-state index contributed by atoms with van der Waals surface area (Å²) >= 11 is 0. The highest BCUT2D eigenvalue weighted by Crippen LogP contribution is 2.26. The van der Waals surface area contributed by atoms with Crippen molar-refractivity contribution in [3.63, 3.8) is 0 Å². The van der Waals surface area contributed by atoms with E-state index in [0.717, 1.165) is 10.5 Å². The van der Waals surface area contributed by atoms with Crippen LogP contribution in [0.15, 0.2) is 0 Å². The number of hydrogen-bond donors (Lipinski definition) is 0. The highest BCUT2D eigenvalue weighted by atomic mass is 15.3. The van der Waals surface area contributed by atoms with Crippen LogP contribution in [0.25, 0.3) is 0 Å². The van der Waals surface area contributed by atoms with Crippen LogP contribution in [-0.2, 0) is 0 Å². The van der Waals surface area contributed by atoms with Gasteiger partial charge in [0.25, 0.3) is 0 Å². The lowest BCUT2D eigenvalue weighted by molar-refractivity contribution is -0.879. The second-order valence-electron chi connectivity index (χ2n) is 3.15. The Morgan fingerprint density at radius 3 is 1.86 bits per heavy atom. The zero-order chi connectivity index (χ0) is 5.49. The van der Waals surface area contributed by atoms with E-state index in [0.29, 0.717) is 0 Å². The summed E-state index contributed by atoms with van der Waals surface area (Å²) in [6.45, 7) is 0. The Morgan fingerprint density at radius 2 is 1.86 bits per heavy atom. The molecule has 0 aliphatic heterocycles. The summed E-state index contributed by atoms with van der Waals surface area (Å²) in [5, 5.41) is 0. The molecule has 0 saturated heterocycles. The van der Waals surface area contributed by atoms with Gasteiger partial charge in [0.2, 0.25) is 0 Å². The van der Waals surface area contributed by atoms with Gasteiger partial charge in [-0.15, -0.1) is 0 Å². The van der Waals surface area contributed by atoms with Crippen molar-refractivity contribution in [1.29, 1.82) is 0 Å². The van der Waals surface area contributed by atoms with Crippen LogP contribution in [0.3, 0.4) is 0 Å². The second kappa shape index (κ2) is 1.22. The third-order valence-electron chi connectivity index (χ3n) is 1.44. The first-order valence-corrected chi connectivity index (χ1v) is 2.75. The van der Waals surface area contributed by atoms with Crippen molar-refractivity contribution >= 4 is 0 Å². The molecule has 1 fully saturated rings. The fourth-order valence-electron chi connectivity index (χ4n) is 0.693. The molecule has 0 aromatic heterocycles. The minimum absolute atomic E-state index is 0.861. The third kappa shape index (κ3) is 1.16. The van der Waals surface area contributed by atoms with Crippen LogP contribution in [0.5, 0.6) is 0 Å². The molecular weight excluding hydrogens is 86.1 g/mol. The molecule has 1 radical (unpaired) electrons. The minimum atomic E-state index is 0.861. The maximum atomic E-state index is 2.35. The predicted molar refractivity (Wildman–Crippen MR) is 30.7 cm³/mol. The van der Waals surface area contributed by atoms with Crippen molar-refractivity contribution in [2.24, 2.45) is 0 Å². The van der Waals surface area contributed by atoms with Gasteiger partial charge in [0.1, 0.15) is 0 Å². The Kier molecular flexibility index (Phi) is 0.890. The summed E-state index contributed by atoms with van der Waals surface area (Å²) in [5.74, 6) is 0. The van der Waals surface area contributed by atoms with Gasteiger partial charge in [0.15, 0.2) is 0 Å². The van der Waals surface area contributed by atoms with Crippen LogP contribution in [0.4, 0.5) is 0 Å². The normalized spacial score (nSPS) is 22.7. The molecule has 0 spiro atoms. The van der Waals surface area contributed by atoms with E-state index in [1.807, 2.05) is 0 Å². The van der Waals surface area contributed by atoms with Crippen LogP contribution < -0.4 is 0 Å². The van der Waals surface area contributed by atoms with Crippen molar-refractivity contribution < 1.29 is 4.48 Å². The summed E-state index contributed by atoms with van der Waals surface area (Å²) in [6.07, 6.45) is 3.67. The Labute approximate surface area is 45.5 Å². The summed E-state index contributed by atoms with van der Waals surface area (Å²) < 4.78 is 1.11. The predicted octanol–water partition coefficient (Wildman–Crippen LogP) is 0.669.